The highest BCUT2D eigenvalue weighted by atomic mass is 32.2. The topological polar surface area (TPSA) is 151 Å². The van der Waals surface area contributed by atoms with E-state index in [-0.39, 0.29) is 11.9 Å². The highest BCUT2D eigenvalue weighted by Crippen LogP contribution is 2.29. The minimum absolute atomic E-state index is 0.190. The van der Waals surface area contributed by atoms with Gasteiger partial charge >= 0.3 is 5.97 Å². The molecule has 0 unspecified atom stereocenters. The highest BCUT2D eigenvalue weighted by molar-refractivity contribution is 7.92. The van der Waals surface area contributed by atoms with Gasteiger partial charge in [-0.25, -0.2) is 35.2 Å². The van der Waals surface area contributed by atoms with E-state index in [1.54, 1.807) is 0 Å². The van der Waals surface area contributed by atoms with Crippen LogP contribution in [0.4, 0.5) is 39.0 Å². The molecule has 0 amide bonds. The van der Waals surface area contributed by atoms with Crippen LogP contribution in [0.5, 0.6) is 0 Å². The number of nitro benzene ring substituents is 1. The summed E-state index contributed by atoms with van der Waals surface area (Å²) >= 11 is 0. The van der Waals surface area contributed by atoms with Gasteiger partial charge in [-0.2, -0.15) is 5.10 Å². The Labute approximate surface area is 197 Å². The maximum absolute atomic E-state index is 13.7. The van der Waals surface area contributed by atoms with E-state index in [0.29, 0.717) is 6.07 Å². The zero-order valence-corrected chi connectivity index (χ0v) is 18.1. The first-order chi connectivity index (χ1) is 16.8. The minimum Gasteiger partial charge on any atom is -0.478 e. The van der Waals surface area contributed by atoms with Gasteiger partial charge in [-0.15, -0.1) is 0 Å². The zero-order chi connectivity index (χ0) is 26.8. The van der Waals surface area contributed by atoms with Gasteiger partial charge in [-0.1, -0.05) is 12.1 Å². The first-order valence-electron chi connectivity index (χ1n) is 9.29. The van der Waals surface area contributed by atoms with Gasteiger partial charge in [-0.05, 0) is 24.3 Å². The van der Waals surface area contributed by atoms with Crippen LogP contribution in [-0.2, 0) is 10.0 Å². The molecule has 0 saturated heterocycles. The van der Waals surface area contributed by atoms with Crippen molar-refractivity contribution in [3.05, 3.63) is 92.8 Å². The van der Waals surface area contributed by atoms with Crippen molar-refractivity contribution in [2.75, 3.05) is 10.1 Å². The fourth-order valence-electron chi connectivity index (χ4n) is 2.79. The average Bonchev–Trinajstić information content (AvgIpc) is 2.83. The van der Waals surface area contributed by atoms with Crippen molar-refractivity contribution in [2.24, 2.45) is 5.10 Å². The third-order valence-corrected chi connectivity index (χ3v) is 5.86. The number of nitrogens with one attached hydrogen (secondary N) is 2. The molecule has 10 nitrogen and oxygen atoms in total. The molecular weight excluding hydrogens is 519 g/mol. The second kappa shape index (κ2) is 9.95. The van der Waals surface area contributed by atoms with Crippen LogP contribution in [0, 0.1) is 39.2 Å². The molecule has 36 heavy (non-hydrogen) atoms. The molecule has 0 atom stereocenters. The quantitative estimate of drug-likeness (QED) is 0.0984. The molecule has 0 saturated carbocycles. The Hall–Kier alpha value is -4.60. The summed E-state index contributed by atoms with van der Waals surface area (Å²) in [5.74, 6) is -12.7. The molecule has 0 radical (unpaired) electrons. The Balaban J connectivity index is 1.93. The fraction of sp³-hybridized carbons (Fsp3) is 0. The number of hydrogen-bond acceptors (Lipinski definition) is 7. The van der Waals surface area contributed by atoms with Crippen molar-refractivity contribution < 1.29 is 45.2 Å². The van der Waals surface area contributed by atoms with Gasteiger partial charge in [0.1, 0.15) is 5.69 Å². The summed E-state index contributed by atoms with van der Waals surface area (Å²) in [5.41, 5.74) is -1.58. The van der Waals surface area contributed by atoms with E-state index >= 15 is 0 Å². The molecule has 0 heterocycles. The third kappa shape index (κ3) is 5.07. The lowest BCUT2D eigenvalue weighted by molar-refractivity contribution is -0.384. The predicted molar refractivity (Wildman–Crippen MR) is 115 cm³/mol. The monoisotopic (exact) mass is 530 g/mol. The van der Waals surface area contributed by atoms with E-state index in [2.05, 4.69) is 5.10 Å². The molecule has 3 aromatic carbocycles. The number of carboxylic acid groups (broad SMARTS) is 1. The molecule has 188 valence electrons. The van der Waals surface area contributed by atoms with E-state index in [1.807, 2.05) is 10.1 Å². The first kappa shape index (κ1) is 26.0. The number of nitro groups is 1. The van der Waals surface area contributed by atoms with E-state index in [9.17, 15) is 50.4 Å². The maximum atomic E-state index is 13.7. The van der Waals surface area contributed by atoms with Gasteiger partial charge < -0.3 is 5.11 Å². The standard InChI is InChI=1S/C20H11F5N4O6S/c21-15-11(16(22)18(24)19(25)17(15)23)8-26-27-13-6-5-9(7-14(13)29(32)33)36(34,35)28-12-4-2-1-3-10(12)20(30)31/h1-8,27-28H,(H,30,31)/b26-8-. The summed E-state index contributed by atoms with van der Waals surface area (Å²) in [6, 6.07) is 7.24. The van der Waals surface area contributed by atoms with Crippen LogP contribution in [-0.4, -0.2) is 30.6 Å². The molecular formula is C20H11F5N4O6S. The number of anilines is 2. The summed E-state index contributed by atoms with van der Waals surface area (Å²) in [5, 5.41) is 23.8. The number of hydrazone groups is 1. The number of carbonyl (C=O) groups is 1. The fourth-order valence-corrected chi connectivity index (χ4v) is 3.89. The Morgan fingerprint density at radius 3 is 2.11 bits per heavy atom. The molecule has 0 aromatic heterocycles. The summed E-state index contributed by atoms with van der Waals surface area (Å²) in [7, 11) is -4.53. The number of aromatic carboxylic acids is 1. The van der Waals surface area contributed by atoms with Crippen LogP contribution in [0.3, 0.4) is 0 Å². The SMILES string of the molecule is O=C(O)c1ccccc1NS(=O)(=O)c1ccc(N/N=C\c2c(F)c(F)c(F)c(F)c2F)c([N+](=O)[O-])c1. The Morgan fingerprint density at radius 2 is 1.53 bits per heavy atom. The average molecular weight is 530 g/mol. The normalized spacial score (nSPS) is 11.5. The minimum atomic E-state index is -4.53. The van der Waals surface area contributed by atoms with E-state index in [4.69, 9.17) is 0 Å². The smallest absolute Gasteiger partial charge is 0.337 e. The largest absolute Gasteiger partial charge is 0.478 e. The number of rotatable bonds is 8. The van der Waals surface area contributed by atoms with Crippen molar-refractivity contribution >= 4 is 39.3 Å². The molecule has 0 aliphatic carbocycles. The van der Waals surface area contributed by atoms with Crippen LogP contribution in [0.2, 0.25) is 0 Å². The van der Waals surface area contributed by atoms with Crippen molar-refractivity contribution in [1.82, 2.24) is 0 Å². The molecule has 0 aliphatic rings. The lowest BCUT2D eigenvalue weighted by Crippen LogP contribution is -2.16. The zero-order valence-electron chi connectivity index (χ0n) is 17.3. The molecule has 0 spiro atoms. The molecule has 0 aliphatic heterocycles. The number of nitrogens with zero attached hydrogens (tertiary/aromatic N) is 2. The molecule has 3 rings (SSSR count). The summed E-state index contributed by atoms with van der Waals surface area (Å²) < 4.78 is 94.4. The summed E-state index contributed by atoms with van der Waals surface area (Å²) in [4.78, 5) is 21.0. The number of hydrogen-bond donors (Lipinski definition) is 3. The Morgan fingerprint density at radius 1 is 0.944 bits per heavy atom. The lowest BCUT2D eigenvalue weighted by Gasteiger charge is -2.11. The molecule has 0 bridgehead atoms. The van der Waals surface area contributed by atoms with Crippen LogP contribution in [0.15, 0.2) is 52.5 Å². The molecule has 0 fully saturated rings. The Bertz CT molecular complexity index is 1500. The number of sulfonamides is 1. The second-order valence-electron chi connectivity index (χ2n) is 6.75. The third-order valence-electron chi connectivity index (χ3n) is 4.50. The van der Waals surface area contributed by atoms with Gasteiger partial charge in [0.15, 0.2) is 23.3 Å². The summed E-state index contributed by atoms with van der Waals surface area (Å²) in [6.07, 6.45) is 0.190. The predicted octanol–water partition coefficient (Wildman–Crippen LogP) is 4.24. The molecule has 3 aromatic rings. The van der Waals surface area contributed by atoms with Crippen molar-refractivity contribution in [3.8, 4) is 0 Å². The van der Waals surface area contributed by atoms with Gasteiger partial charge in [0.2, 0.25) is 5.82 Å². The molecule has 16 heteroatoms. The number of halogens is 5. The van der Waals surface area contributed by atoms with Gasteiger partial charge in [0.25, 0.3) is 15.7 Å². The van der Waals surface area contributed by atoms with E-state index in [0.717, 1.165) is 24.3 Å². The molecule has 3 N–H and O–H groups in total. The number of para-hydroxylation sites is 1. The van der Waals surface area contributed by atoms with Crippen molar-refractivity contribution in [2.45, 2.75) is 4.90 Å². The first-order valence-corrected chi connectivity index (χ1v) is 10.8. The lowest BCUT2D eigenvalue weighted by atomic mass is 10.2. The van der Waals surface area contributed by atoms with Crippen molar-refractivity contribution in [1.29, 1.82) is 0 Å². The Kier molecular flexibility index (Phi) is 7.19. The van der Waals surface area contributed by atoms with Gasteiger partial charge in [-0.3, -0.25) is 20.3 Å². The van der Waals surface area contributed by atoms with E-state index < -0.39 is 77.4 Å². The van der Waals surface area contributed by atoms with Gasteiger partial charge in [0, 0.05) is 6.07 Å². The van der Waals surface area contributed by atoms with Crippen LogP contribution in [0.25, 0.3) is 0 Å². The second-order valence-corrected chi connectivity index (χ2v) is 8.43. The maximum Gasteiger partial charge on any atom is 0.337 e. The van der Waals surface area contributed by atoms with Gasteiger partial charge in [0.05, 0.1) is 32.8 Å². The van der Waals surface area contributed by atoms with E-state index in [1.165, 1.54) is 12.1 Å². The van der Waals surface area contributed by atoms with Crippen molar-refractivity contribution in [3.63, 3.8) is 0 Å². The van der Waals surface area contributed by atoms with Crippen LogP contribution < -0.4 is 10.1 Å². The summed E-state index contributed by atoms with van der Waals surface area (Å²) in [6.45, 7) is 0. The van der Waals surface area contributed by atoms with Crippen LogP contribution in [0.1, 0.15) is 15.9 Å². The number of benzene rings is 3. The van der Waals surface area contributed by atoms with Crippen LogP contribution >= 0.6 is 0 Å². The number of carboxylic acids is 1. The highest BCUT2D eigenvalue weighted by Gasteiger charge is 2.26.